The van der Waals surface area contributed by atoms with E-state index in [0.717, 1.165) is 45.6 Å². The molecular formula is C25H22N6O3. The van der Waals surface area contributed by atoms with Crippen molar-refractivity contribution in [3.63, 3.8) is 0 Å². The molecule has 4 aromatic rings. The summed E-state index contributed by atoms with van der Waals surface area (Å²) in [7, 11) is 1.64. The number of anilines is 3. The van der Waals surface area contributed by atoms with Crippen molar-refractivity contribution in [2.24, 2.45) is 0 Å². The van der Waals surface area contributed by atoms with Gasteiger partial charge in [-0.25, -0.2) is 4.98 Å². The van der Waals surface area contributed by atoms with Crippen LogP contribution in [-0.4, -0.2) is 46.4 Å². The van der Waals surface area contributed by atoms with Gasteiger partial charge in [-0.2, -0.15) is 5.10 Å². The van der Waals surface area contributed by atoms with Crippen molar-refractivity contribution in [3.8, 4) is 5.75 Å². The molecule has 7 rings (SSSR count). The Morgan fingerprint density at radius 2 is 2.09 bits per heavy atom. The number of ether oxygens (including phenoxy) is 2. The Kier molecular flexibility index (Phi) is 4.02. The third-order valence-electron chi connectivity index (χ3n) is 7.27. The van der Waals surface area contributed by atoms with Crippen LogP contribution in [0.2, 0.25) is 0 Å². The lowest BCUT2D eigenvalue weighted by Crippen LogP contribution is -2.26. The third kappa shape index (κ3) is 2.76. The average molecular weight is 454 g/mol. The number of hydrogen-bond donors (Lipinski definition) is 3. The van der Waals surface area contributed by atoms with E-state index in [1.165, 1.54) is 0 Å². The molecule has 0 radical (unpaired) electrons. The highest BCUT2D eigenvalue weighted by molar-refractivity contribution is 6.10. The predicted octanol–water partition coefficient (Wildman–Crippen LogP) is 3.60. The zero-order valence-electron chi connectivity index (χ0n) is 18.5. The third-order valence-corrected chi connectivity index (χ3v) is 7.27. The molecule has 34 heavy (non-hydrogen) atoms. The molecule has 1 saturated heterocycles. The highest BCUT2D eigenvalue weighted by atomic mass is 16.5. The van der Waals surface area contributed by atoms with Gasteiger partial charge >= 0.3 is 0 Å². The molecule has 0 unspecified atom stereocenters. The number of carbonyl (C=O) groups is 1. The van der Waals surface area contributed by atoms with Crippen molar-refractivity contribution in [1.82, 2.24) is 20.2 Å². The monoisotopic (exact) mass is 454 g/mol. The van der Waals surface area contributed by atoms with Crippen LogP contribution >= 0.6 is 0 Å². The van der Waals surface area contributed by atoms with Crippen LogP contribution in [-0.2, 0) is 14.9 Å². The van der Waals surface area contributed by atoms with Gasteiger partial charge in [0.15, 0.2) is 5.82 Å². The van der Waals surface area contributed by atoms with Gasteiger partial charge in [0.1, 0.15) is 11.6 Å². The quantitative estimate of drug-likeness (QED) is 0.422. The fourth-order valence-electron chi connectivity index (χ4n) is 5.21. The van der Waals surface area contributed by atoms with Crippen molar-refractivity contribution in [2.45, 2.75) is 23.7 Å². The van der Waals surface area contributed by atoms with E-state index in [-0.39, 0.29) is 11.8 Å². The Morgan fingerprint density at radius 3 is 2.91 bits per heavy atom. The second kappa shape index (κ2) is 7.01. The van der Waals surface area contributed by atoms with Gasteiger partial charge in [-0.3, -0.25) is 14.9 Å². The maximum absolute atomic E-state index is 13.0. The number of hydrogen-bond acceptors (Lipinski definition) is 7. The van der Waals surface area contributed by atoms with Crippen molar-refractivity contribution < 1.29 is 14.3 Å². The van der Waals surface area contributed by atoms with E-state index >= 15 is 0 Å². The topological polar surface area (TPSA) is 114 Å². The number of aromatic amines is 1. The molecule has 1 amide bonds. The molecule has 170 valence electrons. The van der Waals surface area contributed by atoms with E-state index in [9.17, 15) is 4.79 Å². The largest absolute Gasteiger partial charge is 0.497 e. The second-order valence-corrected chi connectivity index (χ2v) is 9.16. The molecule has 4 heterocycles. The molecular weight excluding hydrogens is 432 g/mol. The SMILES string of the molecule is COc1ccc2c(c1)[C@]1(C[C@H]1c1ccc3c(Nc4cncc(C5COC5)n4)n[nH]c3c1)C(=O)N2. The number of amides is 1. The van der Waals surface area contributed by atoms with E-state index in [0.29, 0.717) is 30.8 Å². The van der Waals surface area contributed by atoms with Crippen LogP contribution in [0.1, 0.15) is 35.1 Å². The number of fused-ring (bicyclic) bond motifs is 3. The average Bonchev–Trinajstić information content (AvgIpc) is 3.37. The van der Waals surface area contributed by atoms with Gasteiger partial charge in [0.05, 0.1) is 43.1 Å². The number of carbonyl (C=O) groups excluding carboxylic acids is 1. The Balaban J connectivity index is 1.17. The fourth-order valence-corrected chi connectivity index (χ4v) is 5.21. The number of nitrogens with zero attached hydrogens (tertiary/aromatic N) is 3. The van der Waals surface area contributed by atoms with E-state index in [1.54, 1.807) is 19.5 Å². The van der Waals surface area contributed by atoms with Crippen LogP contribution in [0.5, 0.6) is 5.75 Å². The molecule has 2 fully saturated rings. The Hall–Kier alpha value is -3.98. The minimum atomic E-state index is -0.528. The number of benzene rings is 2. The number of methoxy groups -OCH3 is 1. The van der Waals surface area contributed by atoms with Gasteiger partial charge in [0, 0.05) is 29.1 Å². The summed E-state index contributed by atoms with van der Waals surface area (Å²) in [5.41, 5.74) is 4.30. The van der Waals surface area contributed by atoms with Crippen LogP contribution in [0.3, 0.4) is 0 Å². The lowest BCUT2D eigenvalue weighted by Gasteiger charge is -2.25. The number of rotatable bonds is 5. The second-order valence-electron chi connectivity index (χ2n) is 9.16. The van der Waals surface area contributed by atoms with Gasteiger partial charge in [-0.1, -0.05) is 6.07 Å². The molecule has 1 spiro atoms. The number of H-pyrrole nitrogens is 1. The zero-order valence-corrected chi connectivity index (χ0v) is 18.5. The molecule has 9 heteroatoms. The minimum absolute atomic E-state index is 0.0585. The highest BCUT2D eigenvalue weighted by Crippen LogP contribution is 2.65. The molecule has 2 atom stereocenters. The maximum atomic E-state index is 13.0. The highest BCUT2D eigenvalue weighted by Gasteiger charge is 2.65. The first-order valence-electron chi connectivity index (χ1n) is 11.3. The number of nitrogens with one attached hydrogen (secondary N) is 3. The first kappa shape index (κ1) is 19.5. The summed E-state index contributed by atoms with van der Waals surface area (Å²) >= 11 is 0. The van der Waals surface area contributed by atoms with E-state index in [4.69, 9.17) is 9.47 Å². The van der Waals surface area contributed by atoms with Crippen molar-refractivity contribution in [2.75, 3.05) is 31.0 Å². The summed E-state index contributed by atoms with van der Waals surface area (Å²) in [5, 5.41) is 14.9. The summed E-state index contributed by atoms with van der Waals surface area (Å²) in [4.78, 5) is 21.9. The maximum Gasteiger partial charge on any atom is 0.235 e. The van der Waals surface area contributed by atoms with Crippen LogP contribution in [0.25, 0.3) is 10.9 Å². The molecule has 2 aliphatic heterocycles. The lowest BCUT2D eigenvalue weighted by molar-refractivity contribution is -0.118. The smallest absolute Gasteiger partial charge is 0.235 e. The molecule has 3 N–H and O–H groups in total. The standard InChI is InChI=1S/C25H22N6O3/c1-33-15-3-5-19-17(7-15)25(24(32)28-19)8-18(25)13-2-4-16-20(6-13)30-31-23(16)29-22-10-26-9-21(27-22)14-11-34-12-14/h2-7,9-10,14,18H,8,11-12H2,1H3,(H,28,32)(H2,27,29,30,31)/t18-,25-/m0/s1. The number of aromatic nitrogens is 4. The van der Waals surface area contributed by atoms with Gasteiger partial charge < -0.3 is 20.1 Å². The van der Waals surface area contributed by atoms with Gasteiger partial charge in [-0.15, -0.1) is 0 Å². The first-order valence-corrected chi connectivity index (χ1v) is 11.3. The van der Waals surface area contributed by atoms with Crippen molar-refractivity contribution in [1.29, 1.82) is 0 Å². The van der Waals surface area contributed by atoms with Crippen LogP contribution < -0.4 is 15.4 Å². The summed E-state index contributed by atoms with van der Waals surface area (Å²) in [6.07, 6.45) is 4.25. The summed E-state index contributed by atoms with van der Waals surface area (Å²) < 4.78 is 10.7. The predicted molar refractivity (Wildman–Crippen MR) is 126 cm³/mol. The first-order chi connectivity index (χ1) is 16.7. The van der Waals surface area contributed by atoms with Crippen LogP contribution in [0.15, 0.2) is 48.8 Å². The lowest BCUT2D eigenvalue weighted by atomic mass is 9.91. The van der Waals surface area contributed by atoms with Crippen molar-refractivity contribution in [3.05, 3.63) is 65.6 Å². The van der Waals surface area contributed by atoms with Gasteiger partial charge in [0.2, 0.25) is 5.91 Å². The fraction of sp³-hybridized carbons (Fsp3) is 0.280. The van der Waals surface area contributed by atoms with Crippen LogP contribution in [0, 0.1) is 0 Å². The van der Waals surface area contributed by atoms with Gasteiger partial charge in [0.25, 0.3) is 0 Å². The van der Waals surface area contributed by atoms with E-state index in [1.807, 2.05) is 24.3 Å². The zero-order chi connectivity index (χ0) is 22.9. The Labute approximate surface area is 194 Å². The molecule has 1 aliphatic carbocycles. The minimum Gasteiger partial charge on any atom is -0.497 e. The Morgan fingerprint density at radius 1 is 1.18 bits per heavy atom. The normalized spacial score (nSPS) is 23.0. The van der Waals surface area contributed by atoms with E-state index < -0.39 is 5.41 Å². The van der Waals surface area contributed by atoms with E-state index in [2.05, 4.69) is 42.9 Å². The molecule has 3 aliphatic rings. The molecule has 2 aromatic carbocycles. The van der Waals surface area contributed by atoms with Gasteiger partial charge in [-0.05, 0) is 47.9 Å². The molecule has 0 bridgehead atoms. The summed E-state index contributed by atoms with van der Waals surface area (Å²) in [5.74, 6) is 2.57. The Bertz CT molecular complexity index is 1460. The summed E-state index contributed by atoms with van der Waals surface area (Å²) in [6.45, 7) is 1.37. The summed E-state index contributed by atoms with van der Waals surface area (Å²) in [6, 6.07) is 12.0. The molecule has 9 nitrogen and oxygen atoms in total. The van der Waals surface area contributed by atoms with Crippen molar-refractivity contribution >= 4 is 34.1 Å². The molecule has 2 aromatic heterocycles. The molecule has 1 saturated carbocycles. The van der Waals surface area contributed by atoms with Crippen LogP contribution in [0.4, 0.5) is 17.3 Å².